The van der Waals surface area contributed by atoms with Crippen LogP contribution in [0.15, 0.2) is 17.5 Å². The Hall–Kier alpha value is -1.24. The second-order valence-corrected chi connectivity index (χ2v) is 9.59. The summed E-state index contributed by atoms with van der Waals surface area (Å²) in [5, 5.41) is 5.93. The molecule has 1 aliphatic carbocycles. The highest BCUT2D eigenvalue weighted by Gasteiger charge is 2.25. The molecule has 1 aliphatic rings. The summed E-state index contributed by atoms with van der Waals surface area (Å²) in [5.41, 5.74) is 0.572. The highest BCUT2D eigenvalue weighted by molar-refractivity contribution is 7.11. The molecule has 0 aromatic carbocycles. The zero-order valence-corrected chi connectivity index (χ0v) is 16.9. The number of carbonyl (C=O) groups is 1. The summed E-state index contributed by atoms with van der Waals surface area (Å²) in [7, 11) is 0. The Balaban J connectivity index is 1.61. The number of aryl methyl sites for hydroxylation is 1. The second-order valence-electron chi connectivity index (χ2n) is 7.28. The van der Waals surface area contributed by atoms with Gasteiger partial charge in [0, 0.05) is 27.7 Å². The fourth-order valence-corrected chi connectivity index (χ4v) is 4.36. The van der Waals surface area contributed by atoms with E-state index in [1.165, 1.54) is 16.2 Å². The van der Waals surface area contributed by atoms with Crippen LogP contribution in [-0.2, 0) is 13.1 Å². The van der Waals surface area contributed by atoms with Gasteiger partial charge in [-0.25, -0.2) is 4.98 Å². The molecule has 1 fully saturated rings. The number of thiazole rings is 1. The lowest BCUT2D eigenvalue weighted by atomic mass is 10.1. The average molecular weight is 378 g/mol. The first-order chi connectivity index (χ1) is 12.0. The molecule has 3 rings (SSSR count). The second kappa shape index (κ2) is 8.43. The fourth-order valence-electron chi connectivity index (χ4n) is 2.61. The molecule has 2 aromatic rings. The normalized spacial score (nSPS) is 14.4. The van der Waals surface area contributed by atoms with Crippen molar-refractivity contribution < 1.29 is 4.79 Å². The van der Waals surface area contributed by atoms with Crippen LogP contribution >= 0.6 is 22.7 Å². The average Bonchev–Trinajstić information content (AvgIpc) is 3.08. The van der Waals surface area contributed by atoms with E-state index in [0.717, 1.165) is 37.5 Å². The van der Waals surface area contributed by atoms with Gasteiger partial charge in [-0.15, -0.1) is 22.7 Å². The summed E-state index contributed by atoms with van der Waals surface area (Å²) in [6, 6.07) is 4.78. The highest BCUT2D eigenvalue weighted by Crippen LogP contribution is 2.22. The van der Waals surface area contributed by atoms with Crippen molar-refractivity contribution in [3.63, 3.8) is 0 Å². The lowest BCUT2D eigenvalue weighted by Crippen LogP contribution is -2.26. The zero-order chi connectivity index (χ0) is 17.8. The van der Waals surface area contributed by atoms with Crippen molar-refractivity contribution in [1.82, 2.24) is 15.2 Å². The van der Waals surface area contributed by atoms with Crippen LogP contribution in [0.25, 0.3) is 0 Å². The van der Waals surface area contributed by atoms with Crippen molar-refractivity contribution in [2.45, 2.75) is 59.2 Å². The van der Waals surface area contributed by atoms with Crippen LogP contribution < -0.4 is 5.32 Å². The number of nitrogens with zero attached hydrogens (tertiary/aromatic N) is 2. The lowest BCUT2D eigenvalue weighted by Gasteiger charge is -2.21. The van der Waals surface area contributed by atoms with Crippen LogP contribution in [0.2, 0.25) is 0 Å². The van der Waals surface area contributed by atoms with Gasteiger partial charge in [0.1, 0.15) is 10.7 Å². The van der Waals surface area contributed by atoms with Gasteiger partial charge in [-0.2, -0.15) is 0 Å². The molecule has 136 valence electrons. The van der Waals surface area contributed by atoms with E-state index in [4.69, 9.17) is 0 Å². The molecular weight excluding hydrogens is 350 g/mol. The van der Waals surface area contributed by atoms with Crippen molar-refractivity contribution in [3.8, 4) is 0 Å². The minimum Gasteiger partial charge on any atom is -0.348 e. The SMILES string of the molecule is Cc1ccc(CN(CCC(C)C)Cc2nc(C(=O)NC3CC3)cs2)s1. The lowest BCUT2D eigenvalue weighted by molar-refractivity contribution is 0.0946. The summed E-state index contributed by atoms with van der Waals surface area (Å²) in [5.74, 6) is 0.663. The Kier molecular flexibility index (Phi) is 6.25. The van der Waals surface area contributed by atoms with Crippen LogP contribution in [-0.4, -0.2) is 28.4 Å². The van der Waals surface area contributed by atoms with Crippen LogP contribution in [0.3, 0.4) is 0 Å². The standard InChI is InChI=1S/C19H27N3OS2/c1-13(2)8-9-22(10-16-7-4-14(3)25-16)11-18-21-17(12-24-18)19(23)20-15-5-6-15/h4,7,12-13,15H,5-6,8-11H2,1-3H3,(H,20,23). The molecule has 0 bridgehead atoms. The molecule has 4 nitrogen and oxygen atoms in total. The van der Waals surface area contributed by atoms with Gasteiger partial charge in [-0.1, -0.05) is 13.8 Å². The van der Waals surface area contributed by atoms with Gasteiger partial charge < -0.3 is 5.32 Å². The fraction of sp³-hybridized carbons (Fsp3) is 0.579. The summed E-state index contributed by atoms with van der Waals surface area (Å²) in [6.07, 6.45) is 3.38. The van der Waals surface area contributed by atoms with Crippen molar-refractivity contribution >= 4 is 28.6 Å². The summed E-state index contributed by atoms with van der Waals surface area (Å²) >= 11 is 3.46. The van der Waals surface area contributed by atoms with E-state index in [-0.39, 0.29) is 5.91 Å². The monoisotopic (exact) mass is 377 g/mol. The van der Waals surface area contributed by atoms with Crippen molar-refractivity contribution in [2.75, 3.05) is 6.54 Å². The molecule has 1 amide bonds. The Morgan fingerprint density at radius 1 is 1.36 bits per heavy atom. The number of rotatable bonds is 9. The third-order valence-electron chi connectivity index (χ3n) is 4.25. The number of aromatic nitrogens is 1. The van der Waals surface area contributed by atoms with Crippen molar-refractivity contribution in [1.29, 1.82) is 0 Å². The third kappa shape index (κ3) is 5.90. The maximum absolute atomic E-state index is 12.1. The van der Waals surface area contributed by atoms with Crippen molar-refractivity contribution in [2.24, 2.45) is 5.92 Å². The van der Waals surface area contributed by atoms with Crippen LogP contribution in [0.1, 0.15) is 58.4 Å². The van der Waals surface area contributed by atoms with Gasteiger partial charge >= 0.3 is 0 Å². The molecule has 0 saturated heterocycles. The number of carbonyl (C=O) groups excluding carboxylic acids is 1. The molecule has 0 unspecified atom stereocenters. The van der Waals surface area contributed by atoms with Crippen LogP contribution in [0.4, 0.5) is 0 Å². The maximum Gasteiger partial charge on any atom is 0.270 e. The van der Waals surface area contributed by atoms with Gasteiger partial charge in [0.25, 0.3) is 5.91 Å². The molecule has 0 aliphatic heterocycles. The first kappa shape index (κ1) is 18.5. The molecule has 0 radical (unpaired) electrons. The van der Waals surface area contributed by atoms with E-state index in [9.17, 15) is 4.79 Å². The zero-order valence-electron chi connectivity index (χ0n) is 15.2. The molecule has 0 spiro atoms. The minimum atomic E-state index is -0.0207. The Morgan fingerprint density at radius 3 is 2.80 bits per heavy atom. The first-order valence-corrected chi connectivity index (χ1v) is 10.7. The largest absolute Gasteiger partial charge is 0.348 e. The molecular formula is C19H27N3OS2. The Bertz CT molecular complexity index is 703. The van der Waals surface area contributed by atoms with Gasteiger partial charge in [-0.3, -0.25) is 9.69 Å². The molecule has 1 N–H and O–H groups in total. The first-order valence-electron chi connectivity index (χ1n) is 9.02. The molecule has 2 heterocycles. The van der Waals surface area contributed by atoms with E-state index >= 15 is 0 Å². The number of hydrogen-bond acceptors (Lipinski definition) is 5. The summed E-state index contributed by atoms with van der Waals surface area (Å²) in [4.78, 5) is 21.9. The van der Waals surface area contributed by atoms with E-state index in [2.05, 4.69) is 48.1 Å². The van der Waals surface area contributed by atoms with E-state index in [1.807, 2.05) is 16.7 Å². The topological polar surface area (TPSA) is 45.2 Å². The quantitative estimate of drug-likeness (QED) is 0.702. The highest BCUT2D eigenvalue weighted by atomic mass is 32.1. The Labute approximate surface area is 158 Å². The van der Waals surface area contributed by atoms with Gasteiger partial charge in [0.15, 0.2) is 0 Å². The number of thiophene rings is 1. The molecule has 25 heavy (non-hydrogen) atoms. The summed E-state index contributed by atoms with van der Waals surface area (Å²) in [6.45, 7) is 9.49. The summed E-state index contributed by atoms with van der Waals surface area (Å²) < 4.78 is 0. The smallest absolute Gasteiger partial charge is 0.270 e. The predicted molar refractivity (Wildman–Crippen MR) is 105 cm³/mol. The molecule has 1 saturated carbocycles. The van der Waals surface area contributed by atoms with Crippen molar-refractivity contribution in [3.05, 3.63) is 38.0 Å². The molecule has 2 aromatic heterocycles. The number of amides is 1. The number of nitrogens with one attached hydrogen (secondary N) is 1. The molecule has 0 atom stereocenters. The maximum atomic E-state index is 12.1. The van der Waals surface area contributed by atoms with Crippen LogP contribution in [0.5, 0.6) is 0 Å². The Morgan fingerprint density at radius 2 is 2.16 bits per heavy atom. The van der Waals surface area contributed by atoms with Gasteiger partial charge in [0.05, 0.1) is 6.54 Å². The van der Waals surface area contributed by atoms with Crippen LogP contribution in [0, 0.1) is 12.8 Å². The van der Waals surface area contributed by atoms with E-state index < -0.39 is 0 Å². The van der Waals surface area contributed by atoms with E-state index in [1.54, 1.807) is 11.3 Å². The van der Waals surface area contributed by atoms with Gasteiger partial charge in [0.2, 0.25) is 0 Å². The third-order valence-corrected chi connectivity index (χ3v) is 6.07. The molecule has 6 heteroatoms. The van der Waals surface area contributed by atoms with Gasteiger partial charge in [-0.05, 0) is 50.8 Å². The number of hydrogen-bond donors (Lipinski definition) is 1. The minimum absolute atomic E-state index is 0.0207. The predicted octanol–water partition coefficient (Wildman–Crippen LogP) is 4.45. The van der Waals surface area contributed by atoms with E-state index in [0.29, 0.717) is 17.7 Å².